The van der Waals surface area contributed by atoms with Gasteiger partial charge in [0, 0.05) is 18.4 Å². The first kappa shape index (κ1) is 9.92. The van der Waals surface area contributed by atoms with Crippen LogP contribution in [0.4, 0.5) is 5.95 Å². The van der Waals surface area contributed by atoms with Gasteiger partial charge in [0.1, 0.15) is 0 Å². The molecular weight excluding hydrogens is 164 g/mol. The van der Waals surface area contributed by atoms with E-state index in [0.717, 1.165) is 12.0 Å². The Bertz CT molecular complexity index is 244. The molecule has 0 aliphatic rings. The van der Waals surface area contributed by atoms with Crippen LogP contribution in [0, 0.1) is 6.92 Å². The van der Waals surface area contributed by atoms with E-state index >= 15 is 0 Å². The second-order valence-electron chi connectivity index (χ2n) is 3.21. The van der Waals surface area contributed by atoms with Crippen LogP contribution >= 0.6 is 0 Å². The molecule has 0 aromatic carbocycles. The molecule has 0 spiro atoms. The summed E-state index contributed by atoms with van der Waals surface area (Å²) >= 11 is 0. The second-order valence-corrected chi connectivity index (χ2v) is 3.21. The van der Waals surface area contributed by atoms with Crippen molar-refractivity contribution in [1.29, 1.82) is 0 Å². The van der Waals surface area contributed by atoms with Gasteiger partial charge in [-0.3, -0.25) is 0 Å². The molecule has 0 fully saturated rings. The Morgan fingerprint density at radius 1 is 1.46 bits per heavy atom. The van der Waals surface area contributed by atoms with Crippen LogP contribution in [0.15, 0.2) is 12.4 Å². The van der Waals surface area contributed by atoms with E-state index in [2.05, 4.69) is 22.2 Å². The number of hydrogen-bond donors (Lipinski definition) is 2. The Hall–Kier alpha value is -1.16. The molecule has 1 atom stereocenters. The third-order valence-electron chi connectivity index (χ3n) is 1.76. The summed E-state index contributed by atoms with van der Waals surface area (Å²) < 4.78 is 0. The van der Waals surface area contributed by atoms with E-state index in [4.69, 9.17) is 5.73 Å². The van der Waals surface area contributed by atoms with Crippen LogP contribution in [0.5, 0.6) is 0 Å². The first-order chi connectivity index (χ1) is 6.22. The SMILES string of the molecule is Cc1cnc(NC(C)CCN)nc1. The van der Waals surface area contributed by atoms with Gasteiger partial charge in [-0.25, -0.2) is 9.97 Å². The second kappa shape index (κ2) is 4.77. The van der Waals surface area contributed by atoms with Gasteiger partial charge in [-0.2, -0.15) is 0 Å². The lowest BCUT2D eigenvalue weighted by Gasteiger charge is -2.11. The Morgan fingerprint density at radius 2 is 2.08 bits per heavy atom. The van der Waals surface area contributed by atoms with E-state index in [0.29, 0.717) is 18.5 Å². The molecule has 1 aromatic heterocycles. The Labute approximate surface area is 78.6 Å². The molecule has 1 heterocycles. The Morgan fingerprint density at radius 3 is 2.62 bits per heavy atom. The van der Waals surface area contributed by atoms with Gasteiger partial charge in [-0.1, -0.05) is 0 Å². The molecule has 0 bridgehead atoms. The fourth-order valence-electron chi connectivity index (χ4n) is 1.01. The van der Waals surface area contributed by atoms with Crippen LogP contribution in [0.2, 0.25) is 0 Å². The monoisotopic (exact) mass is 180 g/mol. The topological polar surface area (TPSA) is 63.8 Å². The zero-order valence-corrected chi connectivity index (χ0v) is 8.12. The largest absolute Gasteiger partial charge is 0.352 e. The molecular formula is C9H16N4. The summed E-state index contributed by atoms with van der Waals surface area (Å²) in [4.78, 5) is 8.27. The number of aryl methyl sites for hydroxylation is 1. The van der Waals surface area contributed by atoms with Crippen molar-refractivity contribution in [3.63, 3.8) is 0 Å². The maximum Gasteiger partial charge on any atom is 0.222 e. The lowest BCUT2D eigenvalue weighted by molar-refractivity contribution is 0.709. The molecule has 0 radical (unpaired) electrons. The Balaban J connectivity index is 2.49. The van der Waals surface area contributed by atoms with E-state index < -0.39 is 0 Å². The number of hydrogen-bond acceptors (Lipinski definition) is 4. The number of rotatable bonds is 4. The highest BCUT2D eigenvalue weighted by atomic mass is 15.1. The van der Waals surface area contributed by atoms with Crippen molar-refractivity contribution in [1.82, 2.24) is 9.97 Å². The fourth-order valence-corrected chi connectivity index (χ4v) is 1.01. The van der Waals surface area contributed by atoms with E-state index in [1.165, 1.54) is 0 Å². The van der Waals surface area contributed by atoms with Crippen molar-refractivity contribution >= 4 is 5.95 Å². The highest BCUT2D eigenvalue weighted by Crippen LogP contribution is 2.02. The lowest BCUT2D eigenvalue weighted by atomic mass is 10.2. The number of nitrogens with one attached hydrogen (secondary N) is 1. The van der Waals surface area contributed by atoms with Crippen LogP contribution in [0.3, 0.4) is 0 Å². The predicted molar refractivity (Wildman–Crippen MR) is 53.5 cm³/mol. The first-order valence-electron chi connectivity index (χ1n) is 4.47. The molecule has 0 amide bonds. The minimum absolute atomic E-state index is 0.327. The van der Waals surface area contributed by atoms with Gasteiger partial charge in [-0.05, 0) is 32.4 Å². The minimum atomic E-state index is 0.327. The average Bonchev–Trinajstić information content (AvgIpc) is 2.09. The van der Waals surface area contributed by atoms with E-state index in [9.17, 15) is 0 Å². The van der Waals surface area contributed by atoms with Crippen molar-refractivity contribution in [2.45, 2.75) is 26.3 Å². The van der Waals surface area contributed by atoms with E-state index in [-0.39, 0.29) is 0 Å². The summed E-state index contributed by atoms with van der Waals surface area (Å²) in [5.74, 6) is 0.673. The summed E-state index contributed by atoms with van der Waals surface area (Å²) in [6, 6.07) is 0.327. The maximum absolute atomic E-state index is 5.43. The number of aromatic nitrogens is 2. The molecule has 72 valence electrons. The third-order valence-corrected chi connectivity index (χ3v) is 1.76. The van der Waals surface area contributed by atoms with Gasteiger partial charge in [0.05, 0.1) is 0 Å². The average molecular weight is 180 g/mol. The summed E-state index contributed by atoms with van der Waals surface area (Å²) in [5.41, 5.74) is 6.49. The van der Waals surface area contributed by atoms with Crippen LogP contribution in [-0.2, 0) is 0 Å². The molecule has 4 heteroatoms. The van der Waals surface area contributed by atoms with Crippen molar-refractivity contribution in [2.75, 3.05) is 11.9 Å². The predicted octanol–water partition coefficient (Wildman–Crippen LogP) is 0.934. The normalized spacial score (nSPS) is 12.5. The highest BCUT2D eigenvalue weighted by molar-refractivity contribution is 5.25. The van der Waals surface area contributed by atoms with Crippen LogP contribution in [0.1, 0.15) is 18.9 Å². The van der Waals surface area contributed by atoms with Crippen LogP contribution in [-0.4, -0.2) is 22.6 Å². The smallest absolute Gasteiger partial charge is 0.222 e. The fraction of sp³-hybridized carbons (Fsp3) is 0.556. The minimum Gasteiger partial charge on any atom is -0.352 e. The molecule has 1 unspecified atom stereocenters. The summed E-state index contributed by atoms with van der Waals surface area (Å²) in [6.07, 6.45) is 4.52. The van der Waals surface area contributed by atoms with Crippen LogP contribution < -0.4 is 11.1 Å². The van der Waals surface area contributed by atoms with Gasteiger partial charge in [0.2, 0.25) is 5.95 Å². The zero-order chi connectivity index (χ0) is 9.68. The standard InChI is InChI=1S/C9H16N4/c1-7-5-11-9(12-6-7)13-8(2)3-4-10/h5-6,8H,3-4,10H2,1-2H3,(H,11,12,13). The molecule has 3 N–H and O–H groups in total. The Kier molecular flexibility index (Phi) is 3.64. The quantitative estimate of drug-likeness (QED) is 0.723. The summed E-state index contributed by atoms with van der Waals surface area (Å²) in [7, 11) is 0. The molecule has 0 aliphatic carbocycles. The lowest BCUT2D eigenvalue weighted by Crippen LogP contribution is -2.20. The number of nitrogens with two attached hydrogens (primary N) is 1. The van der Waals surface area contributed by atoms with Crippen molar-refractivity contribution in [3.8, 4) is 0 Å². The van der Waals surface area contributed by atoms with Gasteiger partial charge in [0.15, 0.2) is 0 Å². The van der Waals surface area contributed by atoms with Gasteiger partial charge in [-0.15, -0.1) is 0 Å². The molecule has 1 aromatic rings. The third kappa shape index (κ3) is 3.38. The van der Waals surface area contributed by atoms with Gasteiger partial charge < -0.3 is 11.1 Å². The zero-order valence-electron chi connectivity index (χ0n) is 8.12. The molecule has 4 nitrogen and oxygen atoms in total. The molecule has 1 rings (SSSR count). The van der Waals surface area contributed by atoms with Gasteiger partial charge in [0.25, 0.3) is 0 Å². The highest BCUT2D eigenvalue weighted by Gasteiger charge is 2.01. The van der Waals surface area contributed by atoms with E-state index in [1.54, 1.807) is 12.4 Å². The first-order valence-corrected chi connectivity index (χ1v) is 4.47. The van der Waals surface area contributed by atoms with Crippen LogP contribution in [0.25, 0.3) is 0 Å². The number of nitrogens with zero attached hydrogens (tertiary/aromatic N) is 2. The molecule has 0 aliphatic heterocycles. The van der Waals surface area contributed by atoms with Crippen molar-refractivity contribution < 1.29 is 0 Å². The summed E-state index contributed by atoms with van der Waals surface area (Å²) in [6.45, 7) is 4.71. The van der Waals surface area contributed by atoms with Gasteiger partial charge >= 0.3 is 0 Å². The van der Waals surface area contributed by atoms with Crippen molar-refractivity contribution in [3.05, 3.63) is 18.0 Å². The molecule has 0 saturated carbocycles. The molecule has 13 heavy (non-hydrogen) atoms. The van der Waals surface area contributed by atoms with E-state index in [1.807, 2.05) is 6.92 Å². The van der Waals surface area contributed by atoms with Crippen molar-refractivity contribution in [2.24, 2.45) is 5.73 Å². The summed E-state index contributed by atoms with van der Waals surface area (Å²) in [5, 5.41) is 3.17. The number of anilines is 1. The maximum atomic E-state index is 5.43. The molecule has 0 saturated heterocycles.